The highest BCUT2D eigenvalue weighted by molar-refractivity contribution is 7.18. The molecule has 2 aromatic rings. The third-order valence-corrected chi connectivity index (χ3v) is 4.57. The zero-order valence-corrected chi connectivity index (χ0v) is 14.9. The van der Waals surface area contributed by atoms with E-state index in [-0.39, 0.29) is 18.0 Å². The van der Waals surface area contributed by atoms with Crippen molar-refractivity contribution in [1.82, 2.24) is 14.8 Å². The van der Waals surface area contributed by atoms with Crippen LogP contribution in [0.2, 0.25) is 0 Å². The normalized spacial score (nSPS) is 11.8. The lowest BCUT2D eigenvalue weighted by Crippen LogP contribution is -2.46. The molecule has 0 N–H and O–H groups in total. The van der Waals surface area contributed by atoms with Gasteiger partial charge in [-0.25, -0.2) is 4.98 Å². The Morgan fingerprint density at radius 1 is 1.18 bits per heavy atom. The van der Waals surface area contributed by atoms with Crippen molar-refractivity contribution in [2.24, 2.45) is 0 Å². The Hall–Kier alpha value is -1.46. The van der Waals surface area contributed by atoms with Crippen molar-refractivity contribution < 1.29 is 4.79 Å². The van der Waals surface area contributed by atoms with Gasteiger partial charge in [-0.05, 0) is 46.9 Å². The van der Waals surface area contributed by atoms with E-state index < -0.39 is 0 Å². The second kappa shape index (κ2) is 7.20. The van der Waals surface area contributed by atoms with Gasteiger partial charge in [0.1, 0.15) is 5.01 Å². The number of thiazole rings is 1. The molecule has 1 heterocycles. The molecule has 1 amide bonds. The van der Waals surface area contributed by atoms with Crippen LogP contribution in [0.15, 0.2) is 24.3 Å². The molecule has 5 heteroatoms. The van der Waals surface area contributed by atoms with Crippen molar-refractivity contribution in [3.05, 3.63) is 29.3 Å². The monoisotopic (exact) mass is 319 g/mol. The first-order valence-corrected chi connectivity index (χ1v) is 8.54. The number of para-hydroxylation sites is 1. The van der Waals surface area contributed by atoms with Crippen LogP contribution >= 0.6 is 11.3 Å². The highest BCUT2D eigenvalue weighted by Gasteiger charge is 2.21. The average molecular weight is 319 g/mol. The van der Waals surface area contributed by atoms with E-state index in [1.807, 2.05) is 35.0 Å². The first-order valence-electron chi connectivity index (χ1n) is 7.72. The maximum absolute atomic E-state index is 12.5. The molecule has 0 bridgehead atoms. The molecule has 1 aromatic heterocycles. The summed E-state index contributed by atoms with van der Waals surface area (Å²) in [5, 5.41) is 1.05. The highest BCUT2D eigenvalue weighted by atomic mass is 32.1. The molecular formula is C17H25N3OS. The van der Waals surface area contributed by atoms with Crippen LogP contribution < -0.4 is 0 Å². The topological polar surface area (TPSA) is 36.4 Å². The van der Waals surface area contributed by atoms with E-state index in [9.17, 15) is 4.79 Å². The minimum Gasteiger partial charge on any atom is -0.337 e. The number of likely N-dealkylation sites (N-methyl/N-ethyl adjacent to an activating group) is 1. The van der Waals surface area contributed by atoms with Crippen LogP contribution in [-0.4, -0.2) is 46.4 Å². The number of amides is 1. The lowest BCUT2D eigenvalue weighted by atomic mass is 10.2. The first-order chi connectivity index (χ1) is 10.4. The van der Waals surface area contributed by atoms with E-state index in [1.165, 1.54) is 4.70 Å². The number of hydrogen-bond donors (Lipinski definition) is 0. The predicted molar refractivity (Wildman–Crippen MR) is 93.1 cm³/mol. The zero-order chi connectivity index (χ0) is 16.3. The summed E-state index contributed by atoms with van der Waals surface area (Å²) in [6.07, 6.45) is 0. The van der Waals surface area contributed by atoms with Crippen LogP contribution in [0.3, 0.4) is 0 Å². The van der Waals surface area contributed by atoms with Gasteiger partial charge in [0.2, 0.25) is 5.91 Å². The minimum absolute atomic E-state index is 0.175. The molecule has 0 aliphatic rings. The largest absolute Gasteiger partial charge is 0.337 e. The summed E-state index contributed by atoms with van der Waals surface area (Å²) in [4.78, 5) is 21.1. The number of carbonyl (C=O) groups is 1. The van der Waals surface area contributed by atoms with Crippen LogP contribution in [0.4, 0.5) is 0 Å². The van der Waals surface area contributed by atoms with Crippen LogP contribution in [0.25, 0.3) is 10.2 Å². The Morgan fingerprint density at radius 2 is 1.82 bits per heavy atom. The Balaban J connectivity index is 2.00. The van der Waals surface area contributed by atoms with Gasteiger partial charge < -0.3 is 4.90 Å². The summed E-state index contributed by atoms with van der Waals surface area (Å²) >= 11 is 1.70. The lowest BCUT2D eigenvalue weighted by molar-refractivity contribution is -0.135. The van der Waals surface area contributed by atoms with Gasteiger partial charge in [0.15, 0.2) is 0 Å². The van der Waals surface area contributed by atoms with Crippen LogP contribution in [0.1, 0.15) is 32.7 Å². The maximum Gasteiger partial charge on any atom is 0.237 e. The number of benzene rings is 1. The molecule has 1 aromatic carbocycles. The van der Waals surface area contributed by atoms with Gasteiger partial charge in [-0.2, -0.15) is 0 Å². The highest BCUT2D eigenvalue weighted by Crippen LogP contribution is 2.22. The minimum atomic E-state index is 0.175. The van der Waals surface area contributed by atoms with Crippen LogP contribution in [0.5, 0.6) is 0 Å². The molecule has 22 heavy (non-hydrogen) atoms. The Morgan fingerprint density at radius 3 is 2.41 bits per heavy atom. The van der Waals surface area contributed by atoms with Gasteiger partial charge in [-0.15, -0.1) is 11.3 Å². The van der Waals surface area contributed by atoms with E-state index >= 15 is 0 Å². The molecule has 0 atom stereocenters. The molecular weight excluding hydrogens is 294 g/mol. The quantitative estimate of drug-likeness (QED) is 0.819. The van der Waals surface area contributed by atoms with Crippen molar-refractivity contribution in [1.29, 1.82) is 0 Å². The molecule has 0 unspecified atom stereocenters. The molecule has 120 valence electrons. The lowest BCUT2D eigenvalue weighted by Gasteiger charge is -2.32. The van der Waals surface area contributed by atoms with Gasteiger partial charge in [0.05, 0.1) is 23.3 Å². The summed E-state index contributed by atoms with van der Waals surface area (Å²) in [6.45, 7) is 9.37. The van der Waals surface area contributed by atoms with E-state index in [1.54, 1.807) is 11.3 Å². The van der Waals surface area contributed by atoms with Crippen LogP contribution in [-0.2, 0) is 11.3 Å². The molecule has 0 aliphatic carbocycles. The van der Waals surface area contributed by atoms with Crippen molar-refractivity contribution in [2.75, 3.05) is 13.6 Å². The number of rotatable bonds is 6. The smallest absolute Gasteiger partial charge is 0.237 e. The average Bonchev–Trinajstić information content (AvgIpc) is 2.78. The molecule has 0 radical (unpaired) electrons. The van der Waals surface area contributed by atoms with Crippen molar-refractivity contribution in [2.45, 2.75) is 46.3 Å². The van der Waals surface area contributed by atoms with Gasteiger partial charge in [0, 0.05) is 12.1 Å². The van der Waals surface area contributed by atoms with Crippen molar-refractivity contribution in [3.8, 4) is 0 Å². The van der Waals surface area contributed by atoms with Crippen molar-refractivity contribution in [3.63, 3.8) is 0 Å². The number of aromatic nitrogens is 1. The van der Waals surface area contributed by atoms with Gasteiger partial charge in [0.25, 0.3) is 0 Å². The van der Waals surface area contributed by atoms with E-state index in [2.05, 4.69) is 38.7 Å². The third kappa shape index (κ3) is 4.05. The van der Waals surface area contributed by atoms with Gasteiger partial charge in [-0.1, -0.05) is 12.1 Å². The Labute approximate surface area is 136 Å². The SMILES string of the molecule is CC(C)N(C(=O)CN(C)Cc1nc2ccccc2s1)C(C)C. The second-order valence-electron chi connectivity index (χ2n) is 6.24. The van der Waals surface area contributed by atoms with E-state index in [4.69, 9.17) is 0 Å². The number of fused-ring (bicyclic) bond motifs is 1. The second-order valence-corrected chi connectivity index (χ2v) is 7.35. The van der Waals surface area contributed by atoms with Crippen LogP contribution in [0, 0.1) is 0 Å². The van der Waals surface area contributed by atoms with E-state index in [0.717, 1.165) is 10.5 Å². The molecule has 0 fully saturated rings. The molecule has 0 saturated carbocycles. The van der Waals surface area contributed by atoms with Gasteiger partial charge in [-0.3, -0.25) is 9.69 Å². The molecule has 2 rings (SSSR count). The van der Waals surface area contributed by atoms with Crippen molar-refractivity contribution >= 4 is 27.5 Å². The fourth-order valence-corrected chi connectivity index (χ4v) is 3.81. The third-order valence-electron chi connectivity index (χ3n) is 3.55. The predicted octanol–water partition coefficient (Wildman–Crippen LogP) is 3.37. The Bertz CT molecular complexity index is 595. The fourth-order valence-electron chi connectivity index (χ4n) is 2.76. The zero-order valence-electron chi connectivity index (χ0n) is 14.0. The summed E-state index contributed by atoms with van der Waals surface area (Å²) < 4.78 is 1.20. The summed E-state index contributed by atoms with van der Waals surface area (Å²) in [5.74, 6) is 0.175. The number of carbonyl (C=O) groups excluding carboxylic acids is 1. The van der Waals surface area contributed by atoms with Gasteiger partial charge >= 0.3 is 0 Å². The number of nitrogens with zero attached hydrogens (tertiary/aromatic N) is 3. The molecule has 0 aliphatic heterocycles. The maximum atomic E-state index is 12.5. The fraction of sp³-hybridized carbons (Fsp3) is 0.529. The molecule has 0 saturated heterocycles. The summed E-state index contributed by atoms with van der Waals surface area (Å²) in [7, 11) is 1.98. The molecule has 0 spiro atoms. The number of hydrogen-bond acceptors (Lipinski definition) is 4. The van der Waals surface area contributed by atoms with E-state index in [0.29, 0.717) is 13.1 Å². The Kier molecular flexibility index (Phi) is 5.53. The standard InChI is InChI=1S/C17H25N3OS/c1-12(2)20(13(3)4)17(21)11-19(5)10-16-18-14-8-6-7-9-15(14)22-16/h6-9,12-13H,10-11H2,1-5H3. The summed E-state index contributed by atoms with van der Waals surface area (Å²) in [5.41, 5.74) is 1.04. The molecule has 4 nitrogen and oxygen atoms in total. The summed E-state index contributed by atoms with van der Waals surface area (Å²) in [6, 6.07) is 8.59. The first kappa shape index (κ1) is 16.9.